The molecule has 0 radical (unpaired) electrons. The summed E-state index contributed by atoms with van der Waals surface area (Å²) < 4.78 is 66.5. The zero-order chi connectivity index (χ0) is 19.9. The summed E-state index contributed by atoms with van der Waals surface area (Å²) >= 11 is 0. The quantitative estimate of drug-likeness (QED) is 0.668. The highest BCUT2D eigenvalue weighted by atomic mass is 32.2. The third-order valence-electron chi connectivity index (χ3n) is 8.79. The minimum atomic E-state index is -5.27. The molecule has 2 unspecified atom stereocenters. The van der Waals surface area contributed by atoms with E-state index in [0.29, 0.717) is 24.7 Å². The number of hydrogen-bond acceptors (Lipinski definition) is 4. The van der Waals surface area contributed by atoms with Crippen molar-refractivity contribution in [3.63, 3.8) is 0 Å². The molecule has 0 saturated heterocycles. The number of carbonyl (C=O) groups is 1. The molecule has 28 heavy (non-hydrogen) atoms. The number of esters is 1. The van der Waals surface area contributed by atoms with Gasteiger partial charge in [-0.1, -0.05) is 0 Å². The summed E-state index contributed by atoms with van der Waals surface area (Å²) in [6.45, 7) is -0.216. The lowest BCUT2D eigenvalue weighted by atomic mass is 9.13. The van der Waals surface area contributed by atoms with E-state index in [2.05, 4.69) is 0 Å². The van der Waals surface area contributed by atoms with Crippen LogP contribution in [0.1, 0.15) is 57.8 Å². The molecule has 0 aromatic rings. The summed E-state index contributed by atoms with van der Waals surface area (Å²) in [5.41, 5.74) is -5.13. The maximum atomic E-state index is 12.9. The van der Waals surface area contributed by atoms with E-state index < -0.39 is 15.5 Å². The lowest BCUT2D eigenvalue weighted by Gasteiger charge is -2.89. The number of hydrogen-bond donors (Lipinski definition) is 1. The van der Waals surface area contributed by atoms with E-state index in [4.69, 9.17) is 4.74 Å². The molecule has 1 N–H and O–H groups in total. The molecule has 0 bridgehead atoms. The smallest absolute Gasteiger partial charge is 0.462 e. The molecule has 5 aliphatic carbocycles. The van der Waals surface area contributed by atoms with Gasteiger partial charge in [-0.25, -0.2) is 13.1 Å². The maximum absolute atomic E-state index is 12.9. The van der Waals surface area contributed by atoms with Crippen LogP contribution in [0.25, 0.3) is 0 Å². The number of carbonyl (C=O) groups excluding carboxylic acids is 1. The van der Waals surface area contributed by atoms with Crippen molar-refractivity contribution < 1.29 is 31.1 Å². The SMILES string of the molecule is O=C(OC1CCC(CCNS(=O)(=O)C(F)(F)F)CC1)C12CC3CC4CC(C1)C432. The number of ether oxygens (including phenoxy) is 1. The minimum Gasteiger partial charge on any atom is -0.462 e. The molecular weight excluding hydrogens is 395 g/mol. The average Bonchev–Trinajstić information content (AvgIpc) is 2.52. The molecular formula is C19H26F3NO4S. The van der Waals surface area contributed by atoms with Crippen LogP contribution >= 0.6 is 0 Å². The molecule has 158 valence electrons. The molecule has 0 amide bonds. The number of rotatable bonds is 6. The Kier molecular flexibility index (Phi) is 4.01. The fourth-order valence-electron chi connectivity index (χ4n) is 7.56. The summed E-state index contributed by atoms with van der Waals surface area (Å²) in [6.07, 6.45) is 7.80. The number of nitrogens with one attached hydrogen (secondary N) is 1. The second-order valence-corrected chi connectivity index (χ2v) is 11.4. The molecule has 1 spiro atoms. The lowest BCUT2D eigenvalue weighted by Crippen LogP contribution is -2.87. The lowest BCUT2D eigenvalue weighted by molar-refractivity contribution is -0.419. The van der Waals surface area contributed by atoms with E-state index in [1.807, 2.05) is 0 Å². The second-order valence-electron chi connectivity index (χ2n) is 9.67. The van der Waals surface area contributed by atoms with Gasteiger partial charge in [-0.3, -0.25) is 4.79 Å². The standard InChI is InChI=1S/C19H26F3NO4S/c20-19(21,22)28(25,26)23-6-5-11-1-3-15(4-2-11)27-16(24)17-9-13-7-12-8-14(10-17)18(12,13)17/h11-15,23H,1-10H2. The van der Waals surface area contributed by atoms with Crippen molar-refractivity contribution in [1.82, 2.24) is 4.72 Å². The third kappa shape index (κ3) is 2.29. The first-order chi connectivity index (χ1) is 13.1. The van der Waals surface area contributed by atoms with Crippen LogP contribution in [0, 0.1) is 34.5 Å². The molecule has 0 heterocycles. The van der Waals surface area contributed by atoms with E-state index in [9.17, 15) is 26.4 Å². The topological polar surface area (TPSA) is 72.5 Å². The first kappa shape index (κ1) is 19.2. The van der Waals surface area contributed by atoms with E-state index in [0.717, 1.165) is 43.4 Å². The van der Waals surface area contributed by atoms with Crippen molar-refractivity contribution in [3.05, 3.63) is 0 Å². The molecule has 5 rings (SSSR count). The molecule has 0 aromatic heterocycles. The Morgan fingerprint density at radius 3 is 2.14 bits per heavy atom. The van der Waals surface area contributed by atoms with Gasteiger partial charge in [0.2, 0.25) is 0 Å². The zero-order valence-corrected chi connectivity index (χ0v) is 16.4. The van der Waals surface area contributed by atoms with E-state index in [1.54, 1.807) is 4.72 Å². The largest absolute Gasteiger partial charge is 0.511 e. The highest BCUT2D eigenvalue weighted by Crippen LogP contribution is 2.93. The Morgan fingerprint density at radius 1 is 1.04 bits per heavy atom. The summed E-state index contributed by atoms with van der Waals surface area (Å²) in [7, 11) is -5.26. The van der Waals surface area contributed by atoms with Crippen LogP contribution in [-0.4, -0.2) is 32.5 Å². The van der Waals surface area contributed by atoms with E-state index in [-0.39, 0.29) is 30.0 Å². The van der Waals surface area contributed by atoms with Gasteiger partial charge >= 0.3 is 21.5 Å². The van der Waals surface area contributed by atoms with Crippen molar-refractivity contribution in [3.8, 4) is 0 Å². The van der Waals surface area contributed by atoms with Gasteiger partial charge in [-0.15, -0.1) is 0 Å². The monoisotopic (exact) mass is 421 g/mol. The van der Waals surface area contributed by atoms with Crippen LogP contribution < -0.4 is 4.72 Å². The molecule has 5 nitrogen and oxygen atoms in total. The van der Waals surface area contributed by atoms with Crippen LogP contribution in [-0.2, 0) is 19.6 Å². The predicted molar refractivity (Wildman–Crippen MR) is 93.2 cm³/mol. The normalized spacial score (nSPS) is 46.0. The Hall–Kier alpha value is -0.830. The van der Waals surface area contributed by atoms with Crippen LogP contribution in [0.2, 0.25) is 0 Å². The first-order valence-electron chi connectivity index (χ1n) is 10.4. The molecule has 0 aliphatic heterocycles. The number of alkyl halides is 3. The molecule has 0 aromatic carbocycles. The summed E-state index contributed by atoms with van der Waals surface area (Å²) in [4.78, 5) is 12.9. The fourth-order valence-corrected chi connectivity index (χ4v) is 8.11. The number of sulfonamides is 1. The van der Waals surface area contributed by atoms with Gasteiger partial charge in [0.1, 0.15) is 6.10 Å². The van der Waals surface area contributed by atoms with Gasteiger partial charge in [0.05, 0.1) is 5.41 Å². The van der Waals surface area contributed by atoms with Gasteiger partial charge in [0.25, 0.3) is 0 Å². The van der Waals surface area contributed by atoms with Gasteiger partial charge in [-0.2, -0.15) is 13.2 Å². The second kappa shape index (κ2) is 5.86. The van der Waals surface area contributed by atoms with Crippen LogP contribution in [0.4, 0.5) is 13.2 Å². The van der Waals surface area contributed by atoms with Gasteiger partial charge in [-0.05, 0) is 86.9 Å². The third-order valence-corrected chi connectivity index (χ3v) is 9.98. The van der Waals surface area contributed by atoms with Crippen molar-refractivity contribution >= 4 is 16.0 Å². The van der Waals surface area contributed by atoms with Crippen LogP contribution in [0.15, 0.2) is 0 Å². The van der Waals surface area contributed by atoms with E-state index >= 15 is 0 Å². The Morgan fingerprint density at radius 2 is 1.64 bits per heavy atom. The summed E-state index contributed by atoms with van der Waals surface area (Å²) in [5, 5.41) is 0. The average molecular weight is 421 g/mol. The van der Waals surface area contributed by atoms with Crippen molar-refractivity contribution in [2.24, 2.45) is 34.5 Å². The van der Waals surface area contributed by atoms with Crippen molar-refractivity contribution in [2.75, 3.05) is 6.54 Å². The van der Waals surface area contributed by atoms with Gasteiger partial charge in [0.15, 0.2) is 0 Å². The first-order valence-corrected chi connectivity index (χ1v) is 11.9. The molecule has 2 atom stereocenters. The molecule has 5 saturated carbocycles. The Labute approximate surface area is 162 Å². The van der Waals surface area contributed by atoms with Crippen LogP contribution in [0.3, 0.4) is 0 Å². The molecule has 9 heteroatoms. The Balaban J connectivity index is 1.06. The minimum absolute atomic E-state index is 0.00536. The Bertz CT molecular complexity index is 762. The predicted octanol–water partition coefficient (Wildman–Crippen LogP) is 3.35. The van der Waals surface area contributed by atoms with Gasteiger partial charge in [0, 0.05) is 6.54 Å². The summed E-state index contributed by atoms with van der Waals surface area (Å²) in [6, 6.07) is 0. The van der Waals surface area contributed by atoms with Crippen LogP contribution in [0.5, 0.6) is 0 Å². The molecule has 5 fully saturated rings. The highest BCUT2D eigenvalue weighted by molar-refractivity contribution is 7.90. The summed E-state index contributed by atoms with van der Waals surface area (Å²) in [5.74, 6) is 2.44. The molecule has 5 aliphatic rings. The highest BCUT2D eigenvalue weighted by Gasteiger charge is 2.90. The van der Waals surface area contributed by atoms with E-state index in [1.165, 1.54) is 12.8 Å². The maximum Gasteiger partial charge on any atom is 0.511 e. The number of halogens is 3. The zero-order valence-electron chi connectivity index (χ0n) is 15.6. The van der Waals surface area contributed by atoms with Crippen molar-refractivity contribution in [2.45, 2.75) is 69.4 Å². The van der Waals surface area contributed by atoms with Crippen molar-refractivity contribution in [1.29, 1.82) is 0 Å². The fraction of sp³-hybridized carbons (Fsp3) is 0.947. The van der Waals surface area contributed by atoms with Gasteiger partial charge < -0.3 is 4.74 Å².